The fraction of sp³-hybridized carbons (Fsp3) is 0.214. The van der Waals surface area contributed by atoms with E-state index in [0.717, 1.165) is 4.88 Å². The number of carbonyl (C=O) groups excluding carboxylic acids is 1. The van der Waals surface area contributed by atoms with E-state index >= 15 is 0 Å². The lowest BCUT2D eigenvalue weighted by molar-refractivity contribution is 0.0895. The summed E-state index contributed by atoms with van der Waals surface area (Å²) in [7, 11) is 0. The fourth-order valence-corrected chi connectivity index (χ4v) is 2.48. The van der Waals surface area contributed by atoms with Crippen LogP contribution in [0.25, 0.3) is 11.6 Å². The van der Waals surface area contributed by atoms with Gasteiger partial charge in [0.05, 0.1) is 12.8 Å². The van der Waals surface area contributed by atoms with E-state index in [1.165, 1.54) is 4.68 Å². The average molecular weight is 302 g/mol. The molecule has 0 fully saturated rings. The molecule has 0 bridgehead atoms. The summed E-state index contributed by atoms with van der Waals surface area (Å²) in [4.78, 5) is 17.5. The highest BCUT2D eigenvalue weighted by Crippen LogP contribution is 2.19. The van der Waals surface area contributed by atoms with Crippen molar-refractivity contribution in [3.05, 3.63) is 40.8 Å². The second-order valence-electron chi connectivity index (χ2n) is 4.33. The van der Waals surface area contributed by atoms with Crippen LogP contribution in [0.3, 0.4) is 0 Å². The standard InChI is InChI=1S/C14H14N4O2S/c1-2-12(19)18-14(15-9-10-5-4-8-21-10)16-13(17-18)11-6-3-7-20-11/h3-8H,2,9H2,1H3,(H,15,16,17). The topological polar surface area (TPSA) is 73.0 Å². The molecule has 0 aliphatic heterocycles. The van der Waals surface area contributed by atoms with E-state index in [4.69, 9.17) is 4.42 Å². The molecule has 3 aromatic heterocycles. The molecular formula is C14H14N4O2S. The van der Waals surface area contributed by atoms with Crippen molar-refractivity contribution in [2.24, 2.45) is 0 Å². The van der Waals surface area contributed by atoms with Gasteiger partial charge < -0.3 is 9.73 Å². The maximum atomic E-state index is 12.0. The highest BCUT2D eigenvalue weighted by atomic mass is 32.1. The minimum absolute atomic E-state index is 0.117. The van der Waals surface area contributed by atoms with Crippen LogP contribution >= 0.6 is 11.3 Å². The number of aromatic nitrogens is 3. The summed E-state index contributed by atoms with van der Waals surface area (Å²) in [5.41, 5.74) is 0. The van der Waals surface area contributed by atoms with Crippen LogP contribution in [0.2, 0.25) is 0 Å². The van der Waals surface area contributed by atoms with Crippen molar-refractivity contribution >= 4 is 23.2 Å². The van der Waals surface area contributed by atoms with Crippen LogP contribution in [0.1, 0.15) is 23.0 Å². The van der Waals surface area contributed by atoms with Crippen LogP contribution in [0, 0.1) is 0 Å². The maximum absolute atomic E-state index is 12.0. The number of nitrogens with zero attached hydrogens (tertiary/aromatic N) is 3. The molecule has 0 spiro atoms. The van der Waals surface area contributed by atoms with Gasteiger partial charge in [0.2, 0.25) is 17.7 Å². The number of hydrogen-bond acceptors (Lipinski definition) is 6. The maximum Gasteiger partial charge on any atom is 0.249 e. The molecule has 0 aromatic carbocycles. The molecule has 3 aromatic rings. The van der Waals surface area contributed by atoms with Crippen LogP contribution in [-0.2, 0) is 6.54 Å². The molecule has 0 radical (unpaired) electrons. The van der Waals surface area contributed by atoms with Crippen molar-refractivity contribution in [2.75, 3.05) is 5.32 Å². The lowest BCUT2D eigenvalue weighted by atomic mass is 10.4. The van der Waals surface area contributed by atoms with Gasteiger partial charge in [0.1, 0.15) is 0 Å². The molecule has 7 heteroatoms. The monoisotopic (exact) mass is 302 g/mol. The van der Waals surface area contributed by atoms with E-state index in [1.807, 2.05) is 17.5 Å². The molecule has 0 saturated carbocycles. The van der Waals surface area contributed by atoms with Crippen molar-refractivity contribution < 1.29 is 9.21 Å². The number of nitrogens with one attached hydrogen (secondary N) is 1. The van der Waals surface area contributed by atoms with Gasteiger partial charge in [-0.25, -0.2) is 0 Å². The van der Waals surface area contributed by atoms with E-state index in [9.17, 15) is 4.79 Å². The summed E-state index contributed by atoms with van der Waals surface area (Å²) in [6.07, 6.45) is 1.91. The first kappa shape index (κ1) is 13.6. The molecule has 0 unspecified atom stereocenters. The summed E-state index contributed by atoms with van der Waals surface area (Å²) in [6, 6.07) is 7.53. The van der Waals surface area contributed by atoms with E-state index in [2.05, 4.69) is 15.4 Å². The Morgan fingerprint density at radius 1 is 1.43 bits per heavy atom. The Bertz CT molecular complexity index is 716. The highest BCUT2D eigenvalue weighted by Gasteiger charge is 2.17. The largest absolute Gasteiger partial charge is 0.461 e. The molecule has 3 rings (SSSR count). The Morgan fingerprint density at radius 2 is 2.33 bits per heavy atom. The molecule has 0 saturated heterocycles. The average Bonchev–Trinajstić information content (AvgIpc) is 3.23. The van der Waals surface area contributed by atoms with E-state index in [0.29, 0.717) is 30.5 Å². The Kier molecular flexibility index (Phi) is 3.83. The molecule has 1 N–H and O–H groups in total. The predicted octanol–water partition coefficient (Wildman–Crippen LogP) is 3.26. The Balaban J connectivity index is 1.88. The lowest BCUT2D eigenvalue weighted by Gasteiger charge is -2.04. The quantitative estimate of drug-likeness (QED) is 0.783. The summed E-state index contributed by atoms with van der Waals surface area (Å²) in [5.74, 6) is 1.25. The van der Waals surface area contributed by atoms with Crippen LogP contribution in [0.5, 0.6) is 0 Å². The number of carbonyl (C=O) groups is 1. The zero-order valence-electron chi connectivity index (χ0n) is 11.4. The molecule has 108 valence electrons. The second-order valence-corrected chi connectivity index (χ2v) is 5.36. The molecule has 0 aliphatic carbocycles. The number of furan rings is 1. The van der Waals surface area contributed by atoms with Gasteiger partial charge in [0, 0.05) is 11.3 Å². The van der Waals surface area contributed by atoms with E-state index < -0.39 is 0 Å². The third-order valence-corrected chi connectivity index (χ3v) is 3.76. The van der Waals surface area contributed by atoms with Gasteiger partial charge in [-0.05, 0) is 23.6 Å². The molecule has 3 heterocycles. The molecule has 21 heavy (non-hydrogen) atoms. The highest BCUT2D eigenvalue weighted by molar-refractivity contribution is 7.09. The van der Waals surface area contributed by atoms with Gasteiger partial charge in [-0.2, -0.15) is 9.67 Å². The first-order chi connectivity index (χ1) is 10.3. The predicted molar refractivity (Wildman–Crippen MR) is 80.3 cm³/mol. The third kappa shape index (κ3) is 2.87. The Labute approximate surface area is 125 Å². The van der Waals surface area contributed by atoms with Crippen LogP contribution in [0.15, 0.2) is 40.3 Å². The van der Waals surface area contributed by atoms with Gasteiger partial charge in [-0.1, -0.05) is 13.0 Å². The van der Waals surface area contributed by atoms with Gasteiger partial charge in [0.25, 0.3) is 0 Å². The smallest absolute Gasteiger partial charge is 0.249 e. The molecule has 0 atom stereocenters. The second kappa shape index (κ2) is 5.92. The Morgan fingerprint density at radius 3 is 3.00 bits per heavy atom. The van der Waals surface area contributed by atoms with Crippen molar-refractivity contribution in [1.82, 2.24) is 14.8 Å². The Hall–Kier alpha value is -2.41. The summed E-state index contributed by atoms with van der Waals surface area (Å²) >= 11 is 1.64. The van der Waals surface area contributed by atoms with Gasteiger partial charge in [-0.15, -0.1) is 16.4 Å². The normalized spacial score (nSPS) is 10.7. The number of rotatable bonds is 5. The number of thiophene rings is 1. The summed E-state index contributed by atoms with van der Waals surface area (Å²) in [5, 5.41) is 9.38. The van der Waals surface area contributed by atoms with E-state index in [1.54, 1.807) is 36.7 Å². The number of anilines is 1. The van der Waals surface area contributed by atoms with Crippen molar-refractivity contribution in [1.29, 1.82) is 0 Å². The minimum atomic E-state index is -0.117. The van der Waals surface area contributed by atoms with Crippen LogP contribution < -0.4 is 5.32 Å². The fourth-order valence-electron chi connectivity index (χ4n) is 1.84. The first-order valence-corrected chi connectivity index (χ1v) is 7.46. The van der Waals surface area contributed by atoms with Crippen molar-refractivity contribution in [2.45, 2.75) is 19.9 Å². The SMILES string of the molecule is CCC(=O)n1nc(-c2ccco2)nc1NCc1cccs1. The summed E-state index contributed by atoms with van der Waals surface area (Å²) in [6.45, 7) is 2.39. The lowest BCUT2D eigenvalue weighted by Crippen LogP contribution is -2.15. The third-order valence-electron chi connectivity index (χ3n) is 2.89. The van der Waals surface area contributed by atoms with Crippen LogP contribution in [0.4, 0.5) is 5.95 Å². The van der Waals surface area contributed by atoms with Crippen LogP contribution in [-0.4, -0.2) is 20.7 Å². The summed E-state index contributed by atoms with van der Waals surface area (Å²) < 4.78 is 6.57. The molecule has 0 aliphatic rings. The van der Waals surface area contributed by atoms with Gasteiger partial charge in [0.15, 0.2) is 5.76 Å². The first-order valence-electron chi connectivity index (χ1n) is 6.58. The van der Waals surface area contributed by atoms with Gasteiger partial charge in [-0.3, -0.25) is 4.79 Å². The molecule has 6 nitrogen and oxygen atoms in total. The minimum Gasteiger partial charge on any atom is -0.461 e. The molecule has 0 amide bonds. The number of hydrogen-bond donors (Lipinski definition) is 1. The molecular weight excluding hydrogens is 288 g/mol. The zero-order chi connectivity index (χ0) is 14.7. The van der Waals surface area contributed by atoms with Crippen molar-refractivity contribution in [3.63, 3.8) is 0 Å². The van der Waals surface area contributed by atoms with E-state index in [-0.39, 0.29) is 5.91 Å². The van der Waals surface area contributed by atoms with Gasteiger partial charge >= 0.3 is 0 Å². The zero-order valence-corrected chi connectivity index (χ0v) is 12.3. The van der Waals surface area contributed by atoms with Crippen molar-refractivity contribution in [3.8, 4) is 11.6 Å².